The second kappa shape index (κ2) is 7.37. The van der Waals surface area contributed by atoms with Gasteiger partial charge in [0.25, 0.3) is 0 Å². The van der Waals surface area contributed by atoms with E-state index in [2.05, 4.69) is 17.2 Å². The Labute approximate surface area is 138 Å². The van der Waals surface area contributed by atoms with E-state index in [4.69, 9.17) is 14.7 Å². The highest BCUT2D eigenvalue weighted by Crippen LogP contribution is 2.35. The standard InChI is InChI=1S/C16H17N3O5/c1-9-13(15(21)24-7-3-6-17)14(19-16(22)18-9)10-4-5-11(20)12(8-10)23-2/h4-5,8,13-14,20H,1,3,7H2,2H3,(H2,18,19,22)/t13-,14+/m0/s1. The number of esters is 1. The number of carbonyl (C=O) groups is 2. The number of benzene rings is 1. The minimum atomic E-state index is -0.879. The van der Waals surface area contributed by atoms with Gasteiger partial charge in [-0.25, -0.2) is 4.79 Å². The molecule has 1 saturated heterocycles. The summed E-state index contributed by atoms with van der Waals surface area (Å²) in [6.07, 6.45) is 0.0718. The summed E-state index contributed by atoms with van der Waals surface area (Å²) in [4.78, 5) is 24.1. The molecular formula is C16H17N3O5. The fraction of sp³-hybridized carbons (Fsp3) is 0.312. The summed E-state index contributed by atoms with van der Waals surface area (Å²) >= 11 is 0. The molecule has 0 saturated carbocycles. The monoisotopic (exact) mass is 331 g/mol. The topological polar surface area (TPSA) is 121 Å². The zero-order chi connectivity index (χ0) is 17.7. The van der Waals surface area contributed by atoms with Crippen LogP contribution >= 0.6 is 0 Å². The van der Waals surface area contributed by atoms with Crippen molar-refractivity contribution in [3.8, 4) is 17.6 Å². The molecule has 2 rings (SSSR count). The van der Waals surface area contributed by atoms with Gasteiger partial charge in [-0.05, 0) is 17.7 Å². The van der Waals surface area contributed by atoms with E-state index in [1.807, 2.05) is 6.07 Å². The number of hydrogen-bond acceptors (Lipinski definition) is 6. The lowest BCUT2D eigenvalue weighted by Gasteiger charge is -2.33. The van der Waals surface area contributed by atoms with Crippen LogP contribution < -0.4 is 15.4 Å². The molecule has 0 aromatic heterocycles. The van der Waals surface area contributed by atoms with Crippen LogP contribution in [0, 0.1) is 17.2 Å². The van der Waals surface area contributed by atoms with Gasteiger partial charge in [0.05, 0.1) is 25.6 Å². The first-order valence-corrected chi connectivity index (χ1v) is 7.14. The molecule has 3 N–H and O–H groups in total. The van der Waals surface area contributed by atoms with Crippen LogP contribution in [0.3, 0.4) is 0 Å². The Bertz CT molecular complexity index is 710. The van der Waals surface area contributed by atoms with Gasteiger partial charge in [0.1, 0.15) is 12.5 Å². The van der Waals surface area contributed by atoms with Gasteiger partial charge < -0.3 is 25.2 Å². The van der Waals surface area contributed by atoms with Crippen molar-refractivity contribution in [1.82, 2.24) is 10.6 Å². The van der Waals surface area contributed by atoms with E-state index in [0.29, 0.717) is 5.56 Å². The first-order valence-electron chi connectivity index (χ1n) is 7.14. The van der Waals surface area contributed by atoms with Gasteiger partial charge in [-0.15, -0.1) is 0 Å². The summed E-state index contributed by atoms with van der Waals surface area (Å²) in [6, 6.07) is 5.13. The van der Waals surface area contributed by atoms with Crippen molar-refractivity contribution < 1.29 is 24.2 Å². The minimum absolute atomic E-state index is 0.0430. The van der Waals surface area contributed by atoms with Gasteiger partial charge in [-0.2, -0.15) is 5.26 Å². The fourth-order valence-corrected chi connectivity index (χ4v) is 2.41. The van der Waals surface area contributed by atoms with Crippen molar-refractivity contribution >= 4 is 12.0 Å². The van der Waals surface area contributed by atoms with Crippen LogP contribution in [0.4, 0.5) is 4.79 Å². The van der Waals surface area contributed by atoms with E-state index in [0.717, 1.165) is 0 Å². The number of phenolic OH excluding ortho intramolecular Hbond substituents is 1. The van der Waals surface area contributed by atoms with E-state index in [9.17, 15) is 14.7 Å². The maximum atomic E-state index is 12.3. The molecule has 0 spiro atoms. The third-order valence-corrected chi connectivity index (χ3v) is 3.54. The molecule has 8 heteroatoms. The summed E-state index contributed by atoms with van der Waals surface area (Å²) in [6.45, 7) is 3.67. The zero-order valence-corrected chi connectivity index (χ0v) is 13.0. The number of amides is 2. The molecule has 24 heavy (non-hydrogen) atoms. The van der Waals surface area contributed by atoms with Crippen LogP contribution in [0.1, 0.15) is 18.0 Å². The predicted octanol–water partition coefficient (Wildman–Crippen LogP) is 1.34. The van der Waals surface area contributed by atoms with Crippen LogP contribution in [-0.2, 0) is 9.53 Å². The highest BCUT2D eigenvalue weighted by molar-refractivity contribution is 5.85. The van der Waals surface area contributed by atoms with Crippen LogP contribution in [0.25, 0.3) is 0 Å². The molecule has 2 atom stereocenters. The average molecular weight is 331 g/mol. The number of phenols is 1. The molecule has 0 unspecified atom stereocenters. The Hall–Kier alpha value is -3.21. The lowest BCUT2D eigenvalue weighted by Crippen LogP contribution is -2.51. The molecule has 1 heterocycles. The second-order valence-corrected chi connectivity index (χ2v) is 5.09. The van der Waals surface area contributed by atoms with Crippen LogP contribution in [0.2, 0.25) is 0 Å². The van der Waals surface area contributed by atoms with Gasteiger partial charge in [-0.3, -0.25) is 4.79 Å². The van der Waals surface area contributed by atoms with Crippen molar-refractivity contribution in [2.75, 3.05) is 13.7 Å². The molecule has 126 valence electrons. The minimum Gasteiger partial charge on any atom is -0.504 e. The van der Waals surface area contributed by atoms with E-state index in [1.165, 1.54) is 19.2 Å². The number of ether oxygens (including phenoxy) is 2. The van der Waals surface area contributed by atoms with Crippen molar-refractivity contribution in [1.29, 1.82) is 5.26 Å². The van der Waals surface area contributed by atoms with Gasteiger partial charge >= 0.3 is 12.0 Å². The Morgan fingerprint density at radius 2 is 2.25 bits per heavy atom. The van der Waals surface area contributed by atoms with Crippen LogP contribution in [-0.4, -0.2) is 30.8 Å². The molecule has 0 radical (unpaired) electrons. The van der Waals surface area contributed by atoms with Crippen LogP contribution in [0.5, 0.6) is 11.5 Å². The molecule has 1 aliphatic rings. The summed E-state index contributed by atoms with van der Waals surface area (Å²) in [5.74, 6) is -1.34. The van der Waals surface area contributed by atoms with Gasteiger partial charge in [0.2, 0.25) is 0 Å². The number of nitriles is 1. The van der Waals surface area contributed by atoms with Crippen molar-refractivity contribution in [2.45, 2.75) is 12.5 Å². The Morgan fingerprint density at radius 3 is 2.92 bits per heavy atom. The summed E-state index contributed by atoms with van der Waals surface area (Å²) in [5.41, 5.74) is 0.737. The lowest BCUT2D eigenvalue weighted by molar-refractivity contribution is -0.148. The lowest BCUT2D eigenvalue weighted by atomic mass is 9.89. The number of rotatable bonds is 5. The summed E-state index contributed by atoms with van der Waals surface area (Å²) in [7, 11) is 1.40. The maximum Gasteiger partial charge on any atom is 0.319 e. The molecule has 1 aliphatic heterocycles. The third kappa shape index (κ3) is 3.57. The van der Waals surface area contributed by atoms with E-state index in [-0.39, 0.29) is 30.2 Å². The normalized spacial score (nSPS) is 19.7. The number of nitrogens with one attached hydrogen (secondary N) is 2. The molecule has 1 aromatic rings. The second-order valence-electron chi connectivity index (χ2n) is 5.09. The number of carbonyl (C=O) groups excluding carboxylic acids is 2. The van der Waals surface area contributed by atoms with Crippen molar-refractivity contribution in [3.05, 3.63) is 36.0 Å². The number of urea groups is 1. The summed E-state index contributed by atoms with van der Waals surface area (Å²) < 4.78 is 10.1. The third-order valence-electron chi connectivity index (χ3n) is 3.54. The molecule has 1 aromatic carbocycles. The smallest absolute Gasteiger partial charge is 0.319 e. The maximum absolute atomic E-state index is 12.3. The van der Waals surface area contributed by atoms with E-state index < -0.39 is 24.0 Å². The molecular weight excluding hydrogens is 314 g/mol. The molecule has 8 nitrogen and oxygen atoms in total. The van der Waals surface area contributed by atoms with Gasteiger partial charge in [0.15, 0.2) is 11.5 Å². The number of hydrogen-bond donors (Lipinski definition) is 3. The zero-order valence-electron chi connectivity index (χ0n) is 13.0. The largest absolute Gasteiger partial charge is 0.504 e. The number of methoxy groups -OCH3 is 1. The predicted molar refractivity (Wildman–Crippen MR) is 82.9 cm³/mol. The Kier molecular flexibility index (Phi) is 5.27. The summed E-state index contributed by atoms with van der Waals surface area (Å²) in [5, 5.41) is 23.3. The van der Waals surface area contributed by atoms with Gasteiger partial charge in [0, 0.05) is 5.70 Å². The molecule has 2 amide bonds. The highest BCUT2D eigenvalue weighted by atomic mass is 16.5. The molecule has 0 aliphatic carbocycles. The number of aromatic hydroxyl groups is 1. The van der Waals surface area contributed by atoms with E-state index in [1.54, 1.807) is 6.07 Å². The van der Waals surface area contributed by atoms with Crippen molar-refractivity contribution in [2.24, 2.45) is 5.92 Å². The average Bonchev–Trinajstić information content (AvgIpc) is 2.54. The van der Waals surface area contributed by atoms with Crippen molar-refractivity contribution in [3.63, 3.8) is 0 Å². The van der Waals surface area contributed by atoms with Crippen LogP contribution in [0.15, 0.2) is 30.5 Å². The first kappa shape index (κ1) is 17.1. The first-order chi connectivity index (χ1) is 11.5. The molecule has 1 fully saturated rings. The van der Waals surface area contributed by atoms with E-state index >= 15 is 0 Å². The fourth-order valence-electron chi connectivity index (χ4n) is 2.41. The van der Waals surface area contributed by atoms with Gasteiger partial charge in [-0.1, -0.05) is 12.6 Å². The number of nitrogens with zero attached hydrogens (tertiary/aromatic N) is 1. The quantitative estimate of drug-likeness (QED) is 0.553. The highest BCUT2D eigenvalue weighted by Gasteiger charge is 2.39. The molecule has 0 bridgehead atoms. The Balaban J connectivity index is 2.32. The SMILES string of the molecule is C=C1NC(=O)N[C@H](c2ccc(O)c(OC)c2)[C@H]1C(=O)OCCC#N. The Morgan fingerprint density at radius 1 is 1.50 bits per heavy atom.